The van der Waals surface area contributed by atoms with Crippen molar-refractivity contribution < 1.29 is 30.0 Å². The number of benzene rings is 1. The summed E-state index contributed by atoms with van der Waals surface area (Å²) >= 11 is 0. The number of carbonyl (C=O) groups is 2. The maximum Gasteiger partial charge on any atom is 0.335 e. The number of phenols is 1. The van der Waals surface area contributed by atoms with Crippen LogP contribution in [0, 0.1) is 0 Å². The third kappa shape index (κ3) is 2.36. The third-order valence-electron chi connectivity index (χ3n) is 2.07. The zero-order valence-electron chi connectivity index (χ0n) is 8.07. The fraction of sp³-hybridized carbons (Fsp3) is 0.200. The number of carboxylic acids is 1. The normalized spacial score (nSPS) is 14.1. The average Bonchev–Trinajstić information content (AvgIpc) is 2.26. The van der Waals surface area contributed by atoms with Crippen LogP contribution in [-0.4, -0.2) is 38.8 Å². The van der Waals surface area contributed by atoms with Gasteiger partial charge in [0.1, 0.15) is 11.9 Å². The molecular weight excluding hydrogens is 216 g/mol. The van der Waals surface area contributed by atoms with Crippen molar-refractivity contribution >= 4 is 12.3 Å². The Morgan fingerprint density at radius 1 is 1.31 bits per heavy atom. The van der Waals surface area contributed by atoms with Crippen LogP contribution in [0.5, 0.6) is 5.75 Å². The molecular formula is C10H10O6. The largest absolute Gasteiger partial charge is 0.508 e. The fourth-order valence-electron chi connectivity index (χ4n) is 1.24. The molecule has 0 aliphatic carbocycles. The minimum absolute atomic E-state index is 0.0531. The second-order valence-corrected chi connectivity index (χ2v) is 3.16. The Labute approximate surface area is 90.4 Å². The number of rotatable bonds is 4. The molecule has 1 aromatic carbocycles. The Bertz CT molecular complexity index is 414. The average molecular weight is 226 g/mol. The van der Waals surface area contributed by atoms with Gasteiger partial charge in [0.05, 0.1) is 0 Å². The lowest BCUT2D eigenvalue weighted by Crippen LogP contribution is -2.28. The van der Waals surface area contributed by atoms with Crippen molar-refractivity contribution in [3.8, 4) is 5.75 Å². The molecule has 0 aliphatic rings. The number of hydrogen-bond donors (Lipinski definition) is 4. The van der Waals surface area contributed by atoms with Crippen molar-refractivity contribution in [3.63, 3.8) is 0 Å². The molecule has 0 heterocycles. The highest BCUT2D eigenvalue weighted by Crippen LogP contribution is 2.23. The van der Waals surface area contributed by atoms with Crippen LogP contribution in [-0.2, 0) is 4.79 Å². The lowest BCUT2D eigenvalue weighted by atomic mass is 9.99. The molecule has 0 spiro atoms. The lowest BCUT2D eigenvalue weighted by Gasteiger charge is -2.15. The molecule has 1 rings (SSSR count). The molecule has 0 aliphatic heterocycles. The molecule has 86 valence electrons. The predicted octanol–water partition coefficient (Wildman–Crippen LogP) is -0.316. The predicted molar refractivity (Wildman–Crippen MR) is 52.1 cm³/mol. The SMILES string of the molecule is O=Cc1cc(O)ccc1C(O)C(O)C(=O)O. The summed E-state index contributed by atoms with van der Waals surface area (Å²) < 4.78 is 0. The molecule has 0 aromatic heterocycles. The maximum atomic E-state index is 10.6. The summed E-state index contributed by atoms with van der Waals surface area (Å²) in [5.74, 6) is -1.79. The maximum absolute atomic E-state index is 10.6. The number of aliphatic carboxylic acids is 1. The number of aliphatic hydroxyl groups excluding tert-OH is 2. The number of hydrogen-bond acceptors (Lipinski definition) is 5. The Balaban J connectivity index is 3.12. The molecule has 0 bridgehead atoms. The van der Waals surface area contributed by atoms with Gasteiger partial charge in [-0.1, -0.05) is 6.07 Å². The van der Waals surface area contributed by atoms with E-state index in [-0.39, 0.29) is 16.9 Å². The molecule has 4 N–H and O–H groups in total. The Hall–Kier alpha value is -1.92. The monoisotopic (exact) mass is 226 g/mol. The second kappa shape index (κ2) is 4.73. The Morgan fingerprint density at radius 3 is 2.44 bits per heavy atom. The van der Waals surface area contributed by atoms with Crippen molar-refractivity contribution in [2.24, 2.45) is 0 Å². The first kappa shape index (κ1) is 12.2. The van der Waals surface area contributed by atoms with Gasteiger partial charge in [-0.15, -0.1) is 0 Å². The van der Waals surface area contributed by atoms with Crippen LogP contribution in [0.2, 0.25) is 0 Å². The molecule has 0 saturated heterocycles. The second-order valence-electron chi connectivity index (χ2n) is 3.16. The zero-order valence-corrected chi connectivity index (χ0v) is 8.07. The highest BCUT2D eigenvalue weighted by atomic mass is 16.4. The minimum Gasteiger partial charge on any atom is -0.508 e. The number of aldehydes is 1. The summed E-state index contributed by atoms with van der Waals surface area (Å²) in [6.45, 7) is 0. The van der Waals surface area contributed by atoms with Gasteiger partial charge in [-0.25, -0.2) is 4.79 Å². The lowest BCUT2D eigenvalue weighted by molar-refractivity contribution is -0.153. The molecule has 1 aromatic rings. The van der Waals surface area contributed by atoms with E-state index in [0.717, 1.165) is 6.07 Å². The third-order valence-corrected chi connectivity index (χ3v) is 2.07. The Kier molecular flexibility index (Phi) is 3.60. The van der Waals surface area contributed by atoms with Crippen LogP contribution < -0.4 is 0 Å². The van der Waals surface area contributed by atoms with E-state index < -0.39 is 18.2 Å². The summed E-state index contributed by atoms with van der Waals surface area (Å²) in [7, 11) is 0. The van der Waals surface area contributed by atoms with Crippen LogP contribution in [0.15, 0.2) is 18.2 Å². The topological polar surface area (TPSA) is 115 Å². The van der Waals surface area contributed by atoms with E-state index in [0.29, 0.717) is 6.29 Å². The molecule has 6 nitrogen and oxygen atoms in total. The summed E-state index contributed by atoms with van der Waals surface area (Å²) in [5, 5.41) is 36.2. The van der Waals surface area contributed by atoms with Crippen LogP contribution >= 0.6 is 0 Å². The van der Waals surface area contributed by atoms with Gasteiger partial charge in [0.25, 0.3) is 0 Å². The van der Waals surface area contributed by atoms with Crippen molar-refractivity contribution in [2.75, 3.05) is 0 Å². The summed E-state index contributed by atoms with van der Waals surface area (Å²) in [6, 6.07) is 3.43. The first-order valence-electron chi connectivity index (χ1n) is 4.34. The molecule has 0 saturated carbocycles. The van der Waals surface area contributed by atoms with Gasteiger partial charge in [0, 0.05) is 5.56 Å². The van der Waals surface area contributed by atoms with Gasteiger partial charge in [-0.2, -0.15) is 0 Å². The van der Waals surface area contributed by atoms with E-state index in [1.807, 2.05) is 0 Å². The minimum atomic E-state index is -2.02. The van der Waals surface area contributed by atoms with Gasteiger partial charge in [-0.05, 0) is 17.7 Å². The van der Waals surface area contributed by atoms with Crippen LogP contribution in [0.1, 0.15) is 22.0 Å². The molecule has 6 heteroatoms. The number of aromatic hydroxyl groups is 1. The molecule has 0 fully saturated rings. The van der Waals surface area contributed by atoms with E-state index in [4.69, 9.17) is 15.3 Å². The smallest absolute Gasteiger partial charge is 0.335 e. The van der Waals surface area contributed by atoms with Gasteiger partial charge in [0.15, 0.2) is 12.4 Å². The van der Waals surface area contributed by atoms with E-state index in [1.165, 1.54) is 12.1 Å². The first-order valence-corrected chi connectivity index (χ1v) is 4.34. The highest BCUT2D eigenvalue weighted by molar-refractivity contribution is 5.80. The molecule has 0 amide bonds. The molecule has 0 radical (unpaired) electrons. The van der Waals surface area contributed by atoms with Crippen molar-refractivity contribution in [2.45, 2.75) is 12.2 Å². The fourth-order valence-corrected chi connectivity index (χ4v) is 1.24. The van der Waals surface area contributed by atoms with Crippen molar-refractivity contribution in [1.82, 2.24) is 0 Å². The van der Waals surface area contributed by atoms with Gasteiger partial charge in [0.2, 0.25) is 0 Å². The quantitative estimate of drug-likeness (QED) is 0.523. The standard InChI is InChI=1S/C10H10O6/c11-4-5-3-6(12)1-2-7(5)8(13)9(14)10(15)16/h1-4,8-9,12-14H,(H,15,16). The van der Waals surface area contributed by atoms with E-state index >= 15 is 0 Å². The van der Waals surface area contributed by atoms with Gasteiger partial charge in [-0.3, -0.25) is 4.79 Å². The number of phenolic OH excluding ortho intramolecular Hbond substituents is 1. The van der Waals surface area contributed by atoms with Crippen molar-refractivity contribution in [1.29, 1.82) is 0 Å². The molecule has 2 unspecified atom stereocenters. The van der Waals surface area contributed by atoms with E-state index in [2.05, 4.69) is 0 Å². The van der Waals surface area contributed by atoms with Crippen LogP contribution in [0.3, 0.4) is 0 Å². The van der Waals surface area contributed by atoms with Gasteiger partial charge >= 0.3 is 5.97 Å². The zero-order chi connectivity index (χ0) is 12.3. The first-order chi connectivity index (χ1) is 7.47. The summed E-state index contributed by atoms with van der Waals surface area (Å²) in [6.07, 6.45) is -3.39. The summed E-state index contributed by atoms with van der Waals surface area (Å²) in [5.41, 5.74) is -0.129. The molecule has 16 heavy (non-hydrogen) atoms. The number of carbonyl (C=O) groups excluding carboxylic acids is 1. The Morgan fingerprint density at radius 2 is 1.94 bits per heavy atom. The molecule has 2 atom stereocenters. The number of aliphatic hydroxyl groups is 2. The van der Waals surface area contributed by atoms with Gasteiger partial charge < -0.3 is 20.4 Å². The summed E-state index contributed by atoms with van der Waals surface area (Å²) in [4.78, 5) is 21.1. The van der Waals surface area contributed by atoms with E-state index in [1.54, 1.807) is 0 Å². The van der Waals surface area contributed by atoms with Crippen LogP contribution in [0.25, 0.3) is 0 Å². The highest BCUT2D eigenvalue weighted by Gasteiger charge is 2.26. The van der Waals surface area contributed by atoms with E-state index in [9.17, 15) is 14.7 Å². The van der Waals surface area contributed by atoms with Crippen LogP contribution in [0.4, 0.5) is 0 Å². The van der Waals surface area contributed by atoms with Crippen molar-refractivity contribution in [3.05, 3.63) is 29.3 Å². The number of carboxylic acid groups (broad SMARTS) is 1.